The molecular formula is C19H20N4O3S. The number of benzene rings is 1. The van der Waals surface area contributed by atoms with Gasteiger partial charge >= 0.3 is 0 Å². The Morgan fingerprint density at radius 3 is 2.67 bits per heavy atom. The number of nitrogens with one attached hydrogen (secondary N) is 1. The van der Waals surface area contributed by atoms with Gasteiger partial charge in [-0.15, -0.1) is 11.3 Å². The van der Waals surface area contributed by atoms with Crippen LogP contribution in [0.2, 0.25) is 0 Å². The zero-order valence-electron chi connectivity index (χ0n) is 15.1. The van der Waals surface area contributed by atoms with Crippen molar-refractivity contribution in [3.05, 3.63) is 63.5 Å². The van der Waals surface area contributed by atoms with E-state index in [2.05, 4.69) is 15.4 Å². The molecule has 2 heterocycles. The number of aryl methyl sites for hydroxylation is 2. The van der Waals surface area contributed by atoms with Crippen molar-refractivity contribution in [2.24, 2.45) is 0 Å². The predicted molar refractivity (Wildman–Crippen MR) is 104 cm³/mol. The second kappa shape index (κ2) is 8.59. The molecule has 1 aromatic carbocycles. The van der Waals surface area contributed by atoms with Gasteiger partial charge in [0.25, 0.3) is 11.5 Å². The molecule has 0 aliphatic heterocycles. The summed E-state index contributed by atoms with van der Waals surface area (Å²) in [6, 6.07) is 12.3. The summed E-state index contributed by atoms with van der Waals surface area (Å²) in [6.45, 7) is 4.34. The topological polar surface area (TPSA) is 86.1 Å². The summed E-state index contributed by atoms with van der Waals surface area (Å²) >= 11 is 1.54. The molecule has 0 atom stereocenters. The Balaban J connectivity index is 1.56. The smallest absolute Gasteiger partial charge is 0.266 e. The maximum Gasteiger partial charge on any atom is 0.266 e. The van der Waals surface area contributed by atoms with E-state index in [4.69, 9.17) is 4.74 Å². The maximum absolute atomic E-state index is 12.0. The SMILES string of the molecule is Cc1nc(C)c(-c2ccc(=O)n(CCNC(=O)COc3ccccc3)n2)s1. The van der Waals surface area contributed by atoms with Gasteiger partial charge in [0.05, 0.1) is 22.1 Å². The van der Waals surface area contributed by atoms with E-state index in [0.29, 0.717) is 11.4 Å². The molecule has 0 radical (unpaired) electrons. The van der Waals surface area contributed by atoms with Crippen LogP contribution in [0.1, 0.15) is 10.7 Å². The number of rotatable bonds is 7. The Hall–Kier alpha value is -3.00. The molecule has 3 rings (SSSR count). The van der Waals surface area contributed by atoms with E-state index in [-0.39, 0.29) is 31.2 Å². The molecule has 8 heteroatoms. The van der Waals surface area contributed by atoms with Crippen LogP contribution < -0.4 is 15.6 Å². The highest BCUT2D eigenvalue weighted by molar-refractivity contribution is 7.15. The van der Waals surface area contributed by atoms with Gasteiger partial charge in [-0.2, -0.15) is 5.10 Å². The number of carbonyl (C=O) groups excluding carboxylic acids is 1. The first-order valence-corrected chi connectivity index (χ1v) is 9.31. The normalized spacial score (nSPS) is 10.6. The van der Waals surface area contributed by atoms with E-state index >= 15 is 0 Å². The van der Waals surface area contributed by atoms with Crippen LogP contribution in [0, 0.1) is 13.8 Å². The number of aromatic nitrogens is 3. The first-order chi connectivity index (χ1) is 13.0. The van der Waals surface area contributed by atoms with Gasteiger partial charge in [-0.3, -0.25) is 9.59 Å². The molecule has 3 aromatic rings. The highest BCUT2D eigenvalue weighted by atomic mass is 32.1. The van der Waals surface area contributed by atoms with Crippen LogP contribution in [-0.2, 0) is 11.3 Å². The van der Waals surface area contributed by atoms with Gasteiger partial charge in [-0.25, -0.2) is 9.67 Å². The van der Waals surface area contributed by atoms with Gasteiger partial charge in [0, 0.05) is 12.6 Å². The monoisotopic (exact) mass is 384 g/mol. The summed E-state index contributed by atoms with van der Waals surface area (Å²) in [6.07, 6.45) is 0. The number of thiazole rings is 1. The summed E-state index contributed by atoms with van der Waals surface area (Å²) in [5, 5.41) is 8.08. The van der Waals surface area contributed by atoms with Gasteiger partial charge in [0.2, 0.25) is 0 Å². The molecule has 1 amide bonds. The quantitative estimate of drug-likeness (QED) is 0.675. The lowest BCUT2D eigenvalue weighted by molar-refractivity contribution is -0.123. The largest absolute Gasteiger partial charge is 0.484 e. The van der Waals surface area contributed by atoms with Crippen molar-refractivity contribution in [1.29, 1.82) is 0 Å². The van der Waals surface area contributed by atoms with Gasteiger partial charge < -0.3 is 10.1 Å². The predicted octanol–water partition coefficient (Wildman–Crippen LogP) is 2.18. The van der Waals surface area contributed by atoms with Crippen LogP contribution in [0.15, 0.2) is 47.3 Å². The van der Waals surface area contributed by atoms with E-state index in [1.54, 1.807) is 18.2 Å². The minimum Gasteiger partial charge on any atom is -0.484 e. The van der Waals surface area contributed by atoms with Crippen molar-refractivity contribution < 1.29 is 9.53 Å². The van der Waals surface area contributed by atoms with Crippen molar-refractivity contribution in [2.45, 2.75) is 20.4 Å². The van der Waals surface area contributed by atoms with E-state index < -0.39 is 0 Å². The molecule has 0 bridgehead atoms. The third-order valence-electron chi connectivity index (χ3n) is 3.76. The van der Waals surface area contributed by atoms with Crippen LogP contribution in [0.3, 0.4) is 0 Å². The second-order valence-electron chi connectivity index (χ2n) is 5.88. The Kier molecular flexibility index (Phi) is 5.97. The zero-order valence-corrected chi connectivity index (χ0v) is 16.0. The van der Waals surface area contributed by atoms with Crippen LogP contribution >= 0.6 is 11.3 Å². The highest BCUT2D eigenvalue weighted by Gasteiger charge is 2.11. The fourth-order valence-electron chi connectivity index (χ4n) is 2.52. The second-order valence-corrected chi connectivity index (χ2v) is 7.08. The van der Waals surface area contributed by atoms with E-state index in [0.717, 1.165) is 15.6 Å². The van der Waals surface area contributed by atoms with Crippen molar-refractivity contribution >= 4 is 17.2 Å². The molecular weight excluding hydrogens is 364 g/mol. The van der Waals surface area contributed by atoms with E-state index in [9.17, 15) is 9.59 Å². The fourth-order valence-corrected chi connectivity index (χ4v) is 3.40. The number of hydrogen-bond donors (Lipinski definition) is 1. The number of ether oxygens (including phenoxy) is 1. The number of para-hydroxylation sites is 1. The van der Waals surface area contributed by atoms with E-state index in [1.165, 1.54) is 22.1 Å². The third-order valence-corrected chi connectivity index (χ3v) is 4.86. The van der Waals surface area contributed by atoms with Crippen LogP contribution in [0.5, 0.6) is 5.75 Å². The molecule has 0 spiro atoms. The van der Waals surface area contributed by atoms with Crippen molar-refractivity contribution in [2.75, 3.05) is 13.2 Å². The molecule has 27 heavy (non-hydrogen) atoms. The lowest BCUT2D eigenvalue weighted by Crippen LogP contribution is -2.34. The summed E-state index contributed by atoms with van der Waals surface area (Å²) in [5.41, 5.74) is 1.38. The third kappa shape index (κ3) is 5.01. The highest BCUT2D eigenvalue weighted by Crippen LogP contribution is 2.27. The van der Waals surface area contributed by atoms with Gasteiger partial charge in [0.1, 0.15) is 11.4 Å². The molecule has 0 fully saturated rings. The Morgan fingerprint density at radius 2 is 1.96 bits per heavy atom. The Bertz CT molecular complexity index is 982. The standard InChI is InChI=1S/C19H20N4O3S/c1-13-19(27-14(2)21-13)16-8-9-18(25)23(22-16)11-10-20-17(24)12-26-15-6-4-3-5-7-15/h3-9H,10-12H2,1-2H3,(H,20,24). The minimum absolute atomic E-state index is 0.0777. The van der Waals surface area contributed by atoms with Crippen LogP contribution in [0.25, 0.3) is 10.6 Å². The molecule has 140 valence electrons. The van der Waals surface area contributed by atoms with Crippen LogP contribution in [-0.4, -0.2) is 33.8 Å². The lowest BCUT2D eigenvalue weighted by Gasteiger charge is -2.09. The Morgan fingerprint density at radius 1 is 1.19 bits per heavy atom. The van der Waals surface area contributed by atoms with Gasteiger partial charge in [0.15, 0.2) is 6.61 Å². The average molecular weight is 384 g/mol. The lowest BCUT2D eigenvalue weighted by atomic mass is 10.3. The summed E-state index contributed by atoms with van der Waals surface area (Å²) in [4.78, 5) is 29.2. The van der Waals surface area contributed by atoms with Crippen LogP contribution in [0.4, 0.5) is 0 Å². The molecule has 0 aliphatic rings. The molecule has 0 aliphatic carbocycles. The molecule has 0 saturated carbocycles. The minimum atomic E-state index is -0.253. The Labute approximate surface area is 160 Å². The first kappa shape index (κ1) is 18.8. The van der Waals surface area contributed by atoms with Gasteiger partial charge in [-0.1, -0.05) is 18.2 Å². The summed E-state index contributed by atoms with van der Waals surface area (Å²) in [7, 11) is 0. The molecule has 2 aromatic heterocycles. The summed E-state index contributed by atoms with van der Waals surface area (Å²) < 4.78 is 6.73. The number of amides is 1. The molecule has 1 N–H and O–H groups in total. The maximum atomic E-state index is 12.0. The number of hydrogen-bond acceptors (Lipinski definition) is 6. The van der Waals surface area contributed by atoms with Crippen molar-refractivity contribution in [1.82, 2.24) is 20.1 Å². The number of nitrogens with zero attached hydrogens (tertiary/aromatic N) is 3. The van der Waals surface area contributed by atoms with E-state index in [1.807, 2.05) is 32.0 Å². The first-order valence-electron chi connectivity index (χ1n) is 8.50. The van der Waals surface area contributed by atoms with Crippen molar-refractivity contribution in [3.63, 3.8) is 0 Å². The molecule has 7 nitrogen and oxygen atoms in total. The van der Waals surface area contributed by atoms with Crippen molar-refractivity contribution in [3.8, 4) is 16.3 Å². The zero-order chi connectivity index (χ0) is 19.2. The molecule has 0 unspecified atom stereocenters. The average Bonchev–Trinajstić information content (AvgIpc) is 3.00. The van der Waals surface area contributed by atoms with Gasteiger partial charge in [-0.05, 0) is 32.0 Å². The molecule has 0 saturated heterocycles. The fraction of sp³-hybridized carbons (Fsp3) is 0.263. The number of carbonyl (C=O) groups is 1. The summed E-state index contributed by atoms with van der Waals surface area (Å²) in [5.74, 6) is 0.380.